The lowest BCUT2D eigenvalue weighted by molar-refractivity contribution is 0.102. The molecule has 3 rings (SSSR count). The predicted octanol–water partition coefficient (Wildman–Crippen LogP) is 3.83. The molecule has 0 bridgehead atoms. The number of hydrogen-bond acceptors (Lipinski definition) is 5. The quantitative estimate of drug-likeness (QED) is 0.695. The van der Waals surface area contributed by atoms with E-state index in [-0.39, 0.29) is 5.56 Å². The molecule has 1 heterocycles. The van der Waals surface area contributed by atoms with E-state index in [2.05, 4.69) is 14.1 Å². The molecule has 0 unspecified atom stereocenters. The Kier molecular flexibility index (Phi) is 3.67. The van der Waals surface area contributed by atoms with Crippen LogP contribution in [0.4, 0.5) is 11.4 Å². The number of fused-ring (bicyclic) bond motifs is 1. The molecule has 0 fully saturated rings. The summed E-state index contributed by atoms with van der Waals surface area (Å²) in [6.45, 7) is 0. The average molecular weight is 339 g/mol. The van der Waals surface area contributed by atoms with Gasteiger partial charge in [-0.15, -0.1) is 0 Å². The molecular formula is C13H8Cl2N4OS. The highest BCUT2D eigenvalue weighted by molar-refractivity contribution is 7.00. The lowest BCUT2D eigenvalue weighted by atomic mass is 10.1. The molecule has 0 aliphatic heterocycles. The molecular weight excluding hydrogens is 331 g/mol. The highest BCUT2D eigenvalue weighted by atomic mass is 35.5. The van der Waals surface area contributed by atoms with Crippen molar-refractivity contribution in [3.05, 3.63) is 45.9 Å². The Hall–Kier alpha value is -1.89. The first-order chi connectivity index (χ1) is 10.1. The fourth-order valence-electron chi connectivity index (χ4n) is 1.85. The van der Waals surface area contributed by atoms with Crippen molar-refractivity contribution in [2.45, 2.75) is 0 Å². The first-order valence-electron chi connectivity index (χ1n) is 5.83. The van der Waals surface area contributed by atoms with Gasteiger partial charge in [0.1, 0.15) is 11.0 Å². The molecule has 0 aliphatic rings. The van der Waals surface area contributed by atoms with E-state index < -0.39 is 5.91 Å². The van der Waals surface area contributed by atoms with Crippen LogP contribution in [0.5, 0.6) is 0 Å². The topological polar surface area (TPSA) is 80.9 Å². The van der Waals surface area contributed by atoms with Gasteiger partial charge in [-0.1, -0.05) is 23.2 Å². The van der Waals surface area contributed by atoms with Crippen LogP contribution in [-0.2, 0) is 0 Å². The number of nitrogen functional groups attached to an aromatic ring is 1. The van der Waals surface area contributed by atoms with Gasteiger partial charge in [0.25, 0.3) is 5.91 Å². The number of nitrogens with one attached hydrogen (secondary N) is 1. The number of anilines is 2. The molecule has 0 saturated heterocycles. The minimum atomic E-state index is -0.405. The Morgan fingerprint density at radius 3 is 2.81 bits per heavy atom. The summed E-state index contributed by atoms with van der Waals surface area (Å²) in [4.78, 5) is 12.4. The van der Waals surface area contributed by atoms with Gasteiger partial charge in [-0.3, -0.25) is 4.79 Å². The second-order valence-corrected chi connectivity index (χ2v) is 5.61. The maximum absolute atomic E-state index is 12.4. The first-order valence-corrected chi connectivity index (χ1v) is 7.32. The molecule has 21 heavy (non-hydrogen) atoms. The molecule has 106 valence electrons. The van der Waals surface area contributed by atoms with Gasteiger partial charge < -0.3 is 11.1 Å². The fourth-order valence-corrected chi connectivity index (χ4v) is 2.77. The van der Waals surface area contributed by atoms with Crippen molar-refractivity contribution in [2.75, 3.05) is 11.1 Å². The molecule has 5 nitrogen and oxygen atoms in total. The van der Waals surface area contributed by atoms with E-state index in [1.807, 2.05) is 0 Å². The number of carbonyl (C=O) groups excluding carboxylic acids is 1. The van der Waals surface area contributed by atoms with Crippen molar-refractivity contribution in [2.24, 2.45) is 0 Å². The molecule has 3 N–H and O–H groups in total. The summed E-state index contributed by atoms with van der Waals surface area (Å²) in [6.07, 6.45) is 0. The SMILES string of the molecule is Nc1ccc(Cl)cc1C(=O)Nc1c(Cl)ccc2nsnc12. The number of amides is 1. The van der Waals surface area contributed by atoms with E-state index in [1.54, 1.807) is 24.3 Å². The standard InChI is InChI=1S/C13H8Cl2N4OS/c14-6-1-3-9(16)7(5-6)13(20)17-11-8(15)2-4-10-12(11)19-21-18-10/h1-5H,16H2,(H,17,20). The van der Waals surface area contributed by atoms with Crippen LogP contribution < -0.4 is 11.1 Å². The Morgan fingerprint density at radius 2 is 2.00 bits per heavy atom. The van der Waals surface area contributed by atoms with Gasteiger partial charge in [-0.25, -0.2) is 0 Å². The molecule has 0 radical (unpaired) electrons. The van der Waals surface area contributed by atoms with Gasteiger partial charge in [-0.2, -0.15) is 8.75 Å². The number of hydrogen-bond donors (Lipinski definition) is 2. The van der Waals surface area contributed by atoms with Crippen molar-refractivity contribution < 1.29 is 4.79 Å². The lowest BCUT2D eigenvalue weighted by Crippen LogP contribution is -2.14. The van der Waals surface area contributed by atoms with E-state index in [0.29, 0.717) is 32.5 Å². The van der Waals surface area contributed by atoms with Gasteiger partial charge in [0.15, 0.2) is 0 Å². The number of carbonyl (C=O) groups is 1. The van der Waals surface area contributed by atoms with Crippen LogP contribution in [-0.4, -0.2) is 14.7 Å². The summed E-state index contributed by atoms with van der Waals surface area (Å²) in [7, 11) is 0. The molecule has 1 amide bonds. The molecule has 3 aromatic rings. The third-order valence-corrected chi connectivity index (χ3v) is 3.97. The number of rotatable bonds is 2. The largest absolute Gasteiger partial charge is 0.398 e. The fraction of sp³-hybridized carbons (Fsp3) is 0. The second kappa shape index (κ2) is 5.48. The van der Waals surface area contributed by atoms with Gasteiger partial charge in [-0.05, 0) is 30.3 Å². The minimum absolute atomic E-state index is 0.277. The van der Waals surface area contributed by atoms with E-state index in [0.717, 1.165) is 11.7 Å². The van der Waals surface area contributed by atoms with Crippen LogP contribution in [0.25, 0.3) is 11.0 Å². The van der Waals surface area contributed by atoms with Crippen LogP contribution in [0.15, 0.2) is 30.3 Å². The maximum Gasteiger partial charge on any atom is 0.257 e. The molecule has 0 aliphatic carbocycles. The Bertz CT molecular complexity index is 849. The minimum Gasteiger partial charge on any atom is -0.398 e. The number of halogens is 2. The zero-order valence-corrected chi connectivity index (χ0v) is 12.8. The van der Waals surface area contributed by atoms with Crippen molar-refractivity contribution >= 4 is 63.2 Å². The molecule has 1 aromatic heterocycles. The summed E-state index contributed by atoms with van der Waals surface area (Å²) in [5.41, 5.74) is 8.02. The summed E-state index contributed by atoms with van der Waals surface area (Å²) in [5, 5.41) is 3.52. The number of aromatic nitrogens is 2. The monoisotopic (exact) mass is 338 g/mol. The Morgan fingerprint density at radius 1 is 1.19 bits per heavy atom. The number of nitrogens with zero attached hydrogens (tertiary/aromatic N) is 2. The lowest BCUT2D eigenvalue weighted by Gasteiger charge is -2.09. The second-order valence-electron chi connectivity index (χ2n) is 4.24. The van der Waals surface area contributed by atoms with Crippen molar-refractivity contribution in [1.82, 2.24) is 8.75 Å². The van der Waals surface area contributed by atoms with Crippen molar-refractivity contribution in [1.29, 1.82) is 0 Å². The zero-order chi connectivity index (χ0) is 15.0. The van der Waals surface area contributed by atoms with Crippen LogP contribution >= 0.6 is 34.9 Å². The third kappa shape index (κ3) is 2.65. The summed E-state index contributed by atoms with van der Waals surface area (Å²) >= 11 is 13.1. The van der Waals surface area contributed by atoms with Crippen LogP contribution in [0.2, 0.25) is 10.0 Å². The number of nitrogens with two attached hydrogens (primary N) is 1. The van der Waals surface area contributed by atoms with Crippen LogP contribution in [0.1, 0.15) is 10.4 Å². The predicted molar refractivity (Wildman–Crippen MR) is 86.2 cm³/mol. The molecule has 0 atom stereocenters. The van der Waals surface area contributed by atoms with E-state index in [9.17, 15) is 4.79 Å². The molecule has 0 spiro atoms. The third-order valence-electron chi connectivity index (χ3n) is 2.88. The first kappa shape index (κ1) is 14.1. The van der Waals surface area contributed by atoms with E-state index >= 15 is 0 Å². The maximum atomic E-state index is 12.4. The molecule has 0 saturated carbocycles. The smallest absolute Gasteiger partial charge is 0.257 e. The van der Waals surface area contributed by atoms with Crippen molar-refractivity contribution in [3.8, 4) is 0 Å². The van der Waals surface area contributed by atoms with Crippen LogP contribution in [0.3, 0.4) is 0 Å². The van der Waals surface area contributed by atoms with Gasteiger partial charge >= 0.3 is 0 Å². The van der Waals surface area contributed by atoms with Crippen LogP contribution in [0, 0.1) is 0 Å². The Balaban J connectivity index is 2.02. The summed E-state index contributed by atoms with van der Waals surface area (Å²) in [5.74, 6) is -0.405. The summed E-state index contributed by atoms with van der Waals surface area (Å²) in [6, 6.07) is 8.09. The van der Waals surface area contributed by atoms with Gasteiger partial charge in [0, 0.05) is 10.7 Å². The van der Waals surface area contributed by atoms with Crippen molar-refractivity contribution in [3.63, 3.8) is 0 Å². The van der Waals surface area contributed by atoms with E-state index in [4.69, 9.17) is 28.9 Å². The van der Waals surface area contributed by atoms with Gasteiger partial charge in [0.2, 0.25) is 0 Å². The average Bonchev–Trinajstić information content (AvgIpc) is 2.93. The number of benzene rings is 2. The zero-order valence-electron chi connectivity index (χ0n) is 10.4. The molecule has 8 heteroatoms. The van der Waals surface area contributed by atoms with E-state index in [1.165, 1.54) is 6.07 Å². The summed E-state index contributed by atoms with van der Waals surface area (Å²) < 4.78 is 8.25. The highest BCUT2D eigenvalue weighted by Crippen LogP contribution is 2.31. The molecule has 2 aromatic carbocycles. The van der Waals surface area contributed by atoms with Gasteiger partial charge in [0.05, 0.1) is 28.0 Å². The Labute approximate surface area is 134 Å². The highest BCUT2D eigenvalue weighted by Gasteiger charge is 2.16. The normalized spacial score (nSPS) is 10.8.